The first-order valence-electron chi connectivity index (χ1n) is 8.90. The van der Waals surface area contributed by atoms with Crippen molar-refractivity contribution in [3.8, 4) is 17.0 Å². The molecule has 1 aliphatic carbocycles. The van der Waals surface area contributed by atoms with Gasteiger partial charge in [-0.15, -0.1) is 0 Å². The maximum Gasteiger partial charge on any atom is 0.274 e. The molecule has 3 aromatic rings. The number of nitrogens with two attached hydrogens (primary N) is 1. The quantitative estimate of drug-likeness (QED) is 0.643. The van der Waals surface area contributed by atoms with E-state index >= 15 is 0 Å². The molecular weight excluding hydrogens is 356 g/mol. The van der Waals surface area contributed by atoms with Crippen LogP contribution in [0.5, 0.6) is 5.75 Å². The smallest absolute Gasteiger partial charge is 0.274 e. The molecule has 0 saturated carbocycles. The summed E-state index contributed by atoms with van der Waals surface area (Å²) >= 11 is 0. The summed E-state index contributed by atoms with van der Waals surface area (Å²) in [4.78, 5) is 21.4. The summed E-state index contributed by atoms with van der Waals surface area (Å²) in [5.74, 6) is 0.288. The minimum atomic E-state index is -0.694. The number of hydrogen-bond donors (Lipinski definition) is 3. The lowest BCUT2D eigenvalue weighted by Gasteiger charge is -2.18. The Hall–Kier alpha value is -3.45. The minimum Gasteiger partial charge on any atom is -0.497 e. The molecule has 1 amide bonds. The number of carbonyl (C=O) groups excluding carboxylic acids is 1. The highest BCUT2D eigenvalue weighted by Gasteiger charge is 2.32. The SMILES string of the molecule is COc1ccc(-c2cnc(N)c(C(=O)N[C@@H]3c4ccccc4C[C@@H]3O)n2)cc1. The molecule has 1 aliphatic rings. The largest absolute Gasteiger partial charge is 0.497 e. The van der Waals surface area contributed by atoms with E-state index in [9.17, 15) is 9.90 Å². The molecule has 0 fully saturated rings. The zero-order valence-electron chi connectivity index (χ0n) is 15.3. The van der Waals surface area contributed by atoms with E-state index in [1.807, 2.05) is 36.4 Å². The Morgan fingerprint density at radius 2 is 1.96 bits per heavy atom. The number of hydrogen-bond acceptors (Lipinski definition) is 6. The van der Waals surface area contributed by atoms with E-state index < -0.39 is 18.1 Å². The lowest BCUT2D eigenvalue weighted by molar-refractivity contribution is 0.0854. The normalized spacial score (nSPS) is 17.8. The fourth-order valence-electron chi connectivity index (χ4n) is 3.42. The van der Waals surface area contributed by atoms with Gasteiger partial charge in [0, 0.05) is 12.0 Å². The number of carbonyl (C=O) groups is 1. The minimum absolute atomic E-state index is 0.0323. The molecule has 0 unspecified atom stereocenters. The van der Waals surface area contributed by atoms with Crippen molar-refractivity contribution in [2.24, 2.45) is 0 Å². The Labute approximate surface area is 162 Å². The summed E-state index contributed by atoms with van der Waals surface area (Å²) in [6.07, 6.45) is 1.32. The highest BCUT2D eigenvalue weighted by Crippen LogP contribution is 2.31. The predicted molar refractivity (Wildman–Crippen MR) is 105 cm³/mol. The molecule has 0 spiro atoms. The molecule has 0 radical (unpaired) electrons. The third kappa shape index (κ3) is 3.27. The number of methoxy groups -OCH3 is 1. The molecular formula is C21H20N4O3. The third-order valence-electron chi connectivity index (χ3n) is 4.89. The van der Waals surface area contributed by atoms with Gasteiger partial charge < -0.3 is 20.9 Å². The molecule has 2 atom stereocenters. The lowest BCUT2D eigenvalue weighted by atomic mass is 10.1. The first-order valence-corrected chi connectivity index (χ1v) is 8.90. The molecule has 0 bridgehead atoms. The summed E-state index contributed by atoms with van der Waals surface area (Å²) in [6, 6.07) is 14.4. The fourth-order valence-corrected chi connectivity index (χ4v) is 3.42. The highest BCUT2D eigenvalue weighted by atomic mass is 16.5. The van der Waals surface area contributed by atoms with Crippen molar-refractivity contribution in [3.63, 3.8) is 0 Å². The number of nitrogens with zero attached hydrogens (tertiary/aromatic N) is 2. The third-order valence-corrected chi connectivity index (χ3v) is 4.89. The van der Waals surface area contributed by atoms with E-state index in [2.05, 4.69) is 15.3 Å². The van der Waals surface area contributed by atoms with Gasteiger partial charge in [-0.25, -0.2) is 9.97 Å². The number of aliphatic hydroxyl groups excluding tert-OH is 1. The Kier molecular flexibility index (Phi) is 4.67. The van der Waals surface area contributed by atoms with Gasteiger partial charge in [-0.05, 0) is 35.4 Å². The summed E-state index contributed by atoms with van der Waals surface area (Å²) in [6.45, 7) is 0. The van der Waals surface area contributed by atoms with Crippen LogP contribution in [0.2, 0.25) is 0 Å². The Morgan fingerprint density at radius 1 is 1.21 bits per heavy atom. The topological polar surface area (TPSA) is 110 Å². The Bertz CT molecular complexity index is 1020. The summed E-state index contributed by atoms with van der Waals surface area (Å²) < 4.78 is 5.16. The molecule has 28 heavy (non-hydrogen) atoms. The molecule has 142 valence electrons. The number of rotatable bonds is 4. The van der Waals surface area contributed by atoms with Gasteiger partial charge in [-0.1, -0.05) is 24.3 Å². The molecule has 4 N–H and O–H groups in total. The van der Waals surface area contributed by atoms with Crippen molar-refractivity contribution < 1.29 is 14.6 Å². The van der Waals surface area contributed by atoms with Crippen LogP contribution in [0.25, 0.3) is 11.3 Å². The standard InChI is InChI=1S/C21H20N4O3/c1-28-14-8-6-12(7-9-14)16-11-23-20(22)19(24-16)21(27)25-18-15-5-3-2-4-13(15)10-17(18)26/h2-9,11,17-18,26H,10H2,1H3,(H2,22,23)(H,25,27)/t17-,18+/m0/s1. The zero-order valence-corrected chi connectivity index (χ0v) is 15.3. The van der Waals surface area contributed by atoms with E-state index in [0.29, 0.717) is 12.1 Å². The first-order chi connectivity index (χ1) is 13.6. The van der Waals surface area contributed by atoms with E-state index in [-0.39, 0.29) is 11.5 Å². The highest BCUT2D eigenvalue weighted by molar-refractivity contribution is 5.97. The van der Waals surface area contributed by atoms with Crippen LogP contribution in [0.4, 0.5) is 5.82 Å². The van der Waals surface area contributed by atoms with E-state index in [4.69, 9.17) is 10.5 Å². The van der Waals surface area contributed by atoms with Gasteiger partial charge >= 0.3 is 0 Å². The van der Waals surface area contributed by atoms with Gasteiger partial charge in [0.2, 0.25) is 0 Å². The molecule has 1 heterocycles. The number of anilines is 1. The summed E-state index contributed by atoms with van der Waals surface area (Å²) in [7, 11) is 1.59. The Balaban J connectivity index is 1.61. The number of nitrogens with one attached hydrogen (secondary N) is 1. The average Bonchev–Trinajstić information content (AvgIpc) is 3.03. The van der Waals surface area contributed by atoms with Gasteiger partial charge in [0.25, 0.3) is 5.91 Å². The van der Waals surface area contributed by atoms with Crippen LogP contribution in [0.1, 0.15) is 27.7 Å². The van der Waals surface area contributed by atoms with Crippen molar-refractivity contribution >= 4 is 11.7 Å². The van der Waals surface area contributed by atoms with Crippen LogP contribution >= 0.6 is 0 Å². The second kappa shape index (κ2) is 7.28. The Morgan fingerprint density at radius 3 is 2.71 bits per heavy atom. The van der Waals surface area contributed by atoms with Crippen LogP contribution in [-0.2, 0) is 6.42 Å². The predicted octanol–water partition coefficient (Wildman–Crippen LogP) is 2.12. The first kappa shape index (κ1) is 17.9. The number of fused-ring (bicyclic) bond motifs is 1. The number of amides is 1. The van der Waals surface area contributed by atoms with Crippen LogP contribution in [0.3, 0.4) is 0 Å². The van der Waals surface area contributed by atoms with Crippen molar-refractivity contribution in [2.45, 2.75) is 18.6 Å². The van der Waals surface area contributed by atoms with Gasteiger partial charge in [0.1, 0.15) is 5.75 Å². The second-order valence-corrected chi connectivity index (χ2v) is 6.64. The van der Waals surface area contributed by atoms with Gasteiger partial charge in [0.15, 0.2) is 11.5 Å². The van der Waals surface area contributed by atoms with Crippen LogP contribution in [0.15, 0.2) is 54.7 Å². The zero-order chi connectivity index (χ0) is 19.7. The maximum absolute atomic E-state index is 12.8. The van der Waals surface area contributed by atoms with Crippen molar-refractivity contribution in [1.82, 2.24) is 15.3 Å². The van der Waals surface area contributed by atoms with E-state index in [0.717, 1.165) is 22.4 Å². The van der Waals surface area contributed by atoms with Crippen molar-refractivity contribution in [1.29, 1.82) is 0 Å². The summed E-state index contributed by atoms with van der Waals surface area (Å²) in [5.41, 5.74) is 9.16. The number of ether oxygens (including phenoxy) is 1. The van der Waals surface area contributed by atoms with E-state index in [1.54, 1.807) is 19.2 Å². The molecule has 1 aromatic heterocycles. The number of benzene rings is 2. The molecule has 7 nitrogen and oxygen atoms in total. The number of aliphatic hydroxyl groups is 1. The van der Waals surface area contributed by atoms with Gasteiger partial charge in [0.05, 0.1) is 31.1 Å². The number of nitrogen functional groups attached to an aromatic ring is 1. The monoisotopic (exact) mass is 376 g/mol. The average molecular weight is 376 g/mol. The lowest BCUT2D eigenvalue weighted by Crippen LogP contribution is -2.35. The van der Waals surface area contributed by atoms with Crippen LogP contribution in [-0.4, -0.2) is 34.2 Å². The fraction of sp³-hybridized carbons (Fsp3) is 0.190. The number of aromatic nitrogens is 2. The molecule has 0 aliphatic heterocycles. The molecule has 7 heteroatoms. The molecule has 4 rings (SSSR count). The van der Waals surface area contributed by atoms with E-state index in [1.165, 1.54) is 6.20 Å². The molecule has 2 aromatic carbocycles. The maximum atomic E-state index is 12.8. The van der Waals surface area contributed by atoms with Crippen LogP contribution < -0.4 is 15.8 Å². The van der Waals surface area contributed by atoms with Gasteiger partial charge in [-0.3, -0.25) is 4.79 Å². The van der Waals surface area contributed by atoms with Crippen LogP contribution in [0, 0.1) is 0 Å². The van der Waals surface area contributed by atoms with Gasteiger partial charge in [-0.2, -0.15) is 0 Å². The second-order valence-electron chi connectivity index (χ2n) is 6.64. The summed E-state index contributed by atoms with van der Waals surface area (Å²) in [5, 5.41) is 13.2. The van der Waals surface area contributed by atoms with Crippen molar-refractivity contribution in [3.05, 3.63) is 71.5 Å². The molecule has 0 saturated heterocycles. The van der Waals surface area contributed by atoms with Crippen molar-refractivity contribution in [2.75, 3.05) is 12.8 Å².